The first-order valence-corrected chi connectivity index (χ1v) is 12.5. The van der Waals surface area contributed by atoms with Gasteiger partial charge in [0.15, 0.2) is 5.65 Å². The highest BCUT2D eigenvalue weighted by atomic mass is 32.2. The van der Waals surface area contributed by atoms with Gasteiger partial charge in [0.05, 0.1) is 24.4 Å². The molecule has 1 saturated carbocycles. The number of alkyl halides is 2. The lowest BCUT2D eigenvalue weighted by atomic mass is 10.0. The van der Waals surface area contributed by atoms with Crippen LogP contribution in [0.15, 0.2) is 54.7 Å². The van der Waals surface area contributed by atoms with Crippen LogP contribution in [0.4, 0.5) is 14.6 Å². The van der Waals surface area contributed by atoms with Gasteiger partial charge in [0.25, 0.3) is 6.43 Å². The summed E-state index contributed by atoms with van der Waals surface area (Å²) < 4.78 is 54.6. The van der Waals surface area contributed by atoms with Crippen molar-refractivity contribution < 1.29 is 31.6 Å². The van der Waals surface area contributed by atoms with Crippen LogP contribution < -0.4 is 10.5 Å². The molecule has 1 unspecified atom stereocenters. The van der Waals surface area contributed by atoms with Crippen LogP contribution in [-0.2, 0) is 14.5 Å². The van der Waals surface area contributed by atoms with E-state index in [0.29, 0.717) is 22.5 Å². The fraction of sp³-hybridized carbons (Fsp3) is 0.304. The highest BCUT2D eigenvalue weighted by Crippen LogP contribution is 2.33. The quantitative estimate of drug-likeness (QED) is 0.290. The maximum atomic E-state index is 13.1. The van der Waals surface area contributed by atoms with Gasteiger partial charge in [-0.25, -0.2) is 18.9 Å². The van der Waals surface area contributed by atoms with Gasteiger partial charge in [0.1, 0.15) is 11.9 Å². The molecule has 190 valence electrons. The minimum atomic E-state index is -4.18. The van der Waals surface area contributed by atoms with E-state index < -0.39 is 40.9 Å². The van der Waals surface area contributed by atoms with Gasteiger partial charge in [-0.1, -0.05) is 30.3 Å². The van der Waals surface area contributed by atoms with Gasteiger partial charge >= 0.3 is 10.3 Å². The normalized spacial score (nSPS) is 22.6. The number of aliphatic hydroxyl groups is 2. The molecular formula is C23H23F2N5O5S. The van der Waals surface area contributed by atoms with Crippen LogP contribution in [0.3, 0.4) is 0 Å². The lowest BCUT2D eigenvalue weighted by molar-refractivity contribution is 0.00777. The first-order valence-electron chi connectivity index (χ1n) is 11.1. The van der Waals surface area contributed by atoms with Crippen molar-refractivity contribution in [3.05, 3.63) is 60.3 Å². The molecule has 2 aromatic carbocycles. The number of nitrogens with zero attached hydrogens (tertiary/aromatic N) is 3. The maximum Gasteiger partial charge on any atom is 0.333 e. The second-order valence-electron chi connectivity index (χ2n) is 8.72. The van der Waals surface area contributed by atoms with Crippen molar-refractivity contribution in [2.45, 2.75) is 31.1 Å². The molecule has 0 spiro atoms. The molecular weight excluding hydrogens is 496 g/mol. The average molecular weight is 520 g/mol. The first-order chi connectivity index (χ1) is 17.1. The molecule has 1 aliphatic rings. The van der Waals surface area contributed by atoms with Crippen molar-refractivity contribution >= 4 is 32.5 Å². The lowest BCUT2D eigenvalue weighted by Gasteiger charge is -2.19. The van der Waals surface area contributed by atoms with Crippen LogP contribution in [0.2, 0.25) is 0 Å². The molecule has 2 heterocycles. The minimum Gasteiger partial charge on any atom is -0.390 e. The Labute approximate surface area is 204 Å². The number of nitrogens with two attached hydrogens (primary N) is 1. The molecule has 36 heavy (non-hydrogen) atoms. The van der Waals surface area contributed by atoms with E-state index in [0.717, 1.165) is 10.9 Å². The Balaban J connectivity index is 1.44. The van der Waals surface area contributed by atoms with Gasteiger partial charge in [-0.05, 0) is 29.3 Å². The number of aromatic nitrogens is 3. The topological polar surface area (TPSA) is 152 Å². The molecule has 4 atom stereocenters. The van der Waals surface area contributed by atoms with E-state index >= 15 is 0 Å². The third-order valence-electron chi connectivity index (χ3n) is 6.37. The zero-order valence-corrected chi connectivity index (χ0v) is 19.5. The molecule has 4 aromatic rings. The Morgan fingerprint density at radius 2 is 1.97 bits per heavy atom. The molecule has 10 nitrogen and oxygen atoms in total. The van der Waals surface area contributed by atoms with Gasteiger partial charge in [0.2, 0.25) is 0 Å². The van der Waals surface area contributed by atoms with Gasteiger partial charge in [-0.3, -0.25) is 4.18 Å². The summed E-state index contributed by atoms with van der Waals surface area (Å²) in [5.41, 5.74) is 1.74. The largest absolute Gasteiger partial charge is 0.390 e. The van der Waals surface area contributed by atoms with Crippen LogP contribution >= 0.6 is 0 Å². The number of halogens is 2. The SMILES string of the molecule is NS(=O)(=O)OCC1C[C@@H](Nc2ccnc3cc(-c4cccc5cc(C(F)F)ccc45)nn23)[C@H](O)[C@@H]1O. The number of hydrogen-bond acceptors (Lipinski definition) is 8. The Hall–Kier alpha value is -3.23. The van der Waals surface area contributed by atoms with E-state index in [2.05, 4.69) is 19.6 Å². The number of rotatable bonds is 7. The van der Waals surface area contributed by atoms with Crippen molar-refractivity contribution in [3.8, 4) is 11.3 Å². The number of fused-ring (bicyclic) bond motifs is 2. The van der Waals surface area contributed by atoms with Crippen LogP contribution in [0, 0.1) is 5.92 Å². The molecule has 0 amide bonds. The molecule has 5 N–H and O–H groups in total. The van der Waals surface area contributed by atoms with Gasteiger partial charge in [-0.15, -0.1) is 0 Å². The van der Waals surface area contributed by atoms with E-state index in [1.807, 2.05) is 6.07 Å². The van der Waals surface area contributed by atoms with Crippen LogP contribution in [0.1, 0.15) is 18.4 Å². The summed E-state index contributed by atoms with van der Waals surface area (Å²) in [6.45, 7) is -0.360. The zero-order chi connectivity index (χ0) is 25.6. The van der Waals surface area contributed by atoms with E-state index in [-0.39, 0.29) is 18.6 Å². The van der Waals surface area contributed by atoms with Crippen molar-refractivity contribution in [2.24, 2.45) is 11.1 Å². The monoisotopic (exact) mass is 519 g/mol. The van der Waals surface area contributed by atoms with Crippen LogP contribution in [0.25, 0.3) is 27.7 Å². The summed E-state index contributed by atoms with van der Waals surface area (Å²) in [5.74, 6) is -0.175. The Morgan fingerprint density at radius 1 is 1.17 bits per heavy atom. The summed E-state index contributed by atoms with van der Waals surface area (Å²) in [5, 5.41) is 34.9. The number of aliphatic hydroxyl groups excluding tert-OH is 2. The highest BCUT2D eigenvalue weighted by Gasteiger charge is 2.42. The predicted octanol–water partition coefficient (Wildman–Crippen LogP) is 2.23. The van der Waals surface area contributed by atoms with Gasteiger partial charge in [-0.2, -0.15) is 18.0 Å². The Kier molecular flexibility index (Phi) is 6.34. The molecule has 0 saturated heterocycles. The summed E-state index contributed by atoms with van der Waals surface area (Å²) in [7, 11) is -4.18. The fourth-order valence-electron chi connectivity index (χ4n) is 4.60. The third-order valence-corrected chi connectivity index (χ3v) is 6.84. The van der Waals surface area contributed by atoms with Gasteiger partial charge < -0.3 is 15.5 Å². The summed E-state index contributed by atoms with van der Waals surface area (Å²) in [4.78, 5) is 4.33. The molecule has 13 heteroatoms. The number of nitrogens with one attached hydrogen (secondary N) is 1. The second-order valence-corrected chi connectivity index (χ2v) is 9.94. The molecule has 0 radical (unpaired) electrons. The Bertz CT molecular complexity index is 1530. The fourth-order valence-corrected chi connectivity index (χ4v) is 4.97. The molecule has 1 fully saturated rings. The summed E-state index contributed by atoms with van der Waals surface area (Å²) >= 11 is 0. The van der Waals surface area contributed by atoms with E-state index in [1.54, 1.807) is 36.5 Å². The zero-order valence-electron chi connectivity index (χ0n) is 18.7. The number of benzene rings is 2. The summed E-state index contributed by atoms with van der Waals surface area (Å²) in [6.07, 6.45) is -3.21. The number of anilines is 1. The third kappa shape index (κ3) is 4.75. The standard InChI is InChI=1S/C23H23F2N5O5S/c24-23(25)13-4-5-15-12(8-13)2-1-3-16(15)17-10-20-27-7-6-19(30(20)29-17)28-18-9-14(21(31)22(18)32)11-35-36(26,33)34/h1-8,10,14,18,21-23,28,31-32H,9,11H2,(H2,26,33,34)/t14?,18-,21-,22+/m1/s1. The van der Waals surface area contributed by atoms with E-state index in [1.165, 1.54) is 16.6 Å². The average Bonchev–Trinajstić information content (AvgIpc) is 3.39. The lowest BCUT2D eigenvalue weighted by Crippen LogP contribution is -2.36. The van der Waals surface area contributed by atoms with Crippen molar-refractivity contribution in [3.63, 3.8) is 0 Å². The second kappa shape index (κ2) is 9.33. The smallest absolute Gasteiger partial charge is 0.333 e. The van der Waals surface area contributed by atoms with Crippen LogP contribution in [0.5, 0.6) is 0 Å². The van der Waals surface area contributed by atoms with Crippen molar-refractivity contribution in [1.29, 1.82) is 0 Å². The molecule has 0 aliphatic heterocycles. The molecule has 2 aromatic heterocycles. The highest BCUT2D eigenvalue weighted by molar-refractivity contribution is 7.84. The van der Waals surface area contributed by atoms with Gasteiger partial charge in [0, 0.05) is 29.3 Å². The minimum absolute atomic E-state index is 0.0621. The summed E-state index contributed by atoms with van der Waals surface area (Å²) in [6, 6.07) is 12.6. The van der Waals surface area contributed by atoms with E-state index in [9.17, 15) is 27.4 Å². The Morgan fingerprint density at radius 3 is 2.72 bits per heavy atom. The molecule has 5 rings (SSSR count). The maximum absolute atomic E-state index is 13.1. The van der Waals surface area contributed by atoms with E-state index in [4.69, 9.17) is 5.14 Å². The molecule has 1 aliphatic carbocycles. The first kappa shape index (κ1) is 24.5. The van der Waals surface area contributed by atoms with Crippen LogP contribution in [-0.4, -0.2) is 58.1 Å². The number of hydrogen-bond donors (Lipinski definition) is 4. The van der Waals surface area contributed by atoms with Crippen molar-refractivity contribution in [2.75, 3.05) is 11.9 Å². The van der Waals surface area contributed by atoms with Crippen molar-refractivity contribution in [1.82, 2.24) is 14.6 Å². The molecule has 0 bridgehead atoms. The predicted molar refractivity (Wildman–Crippen MR) is 127 cm³/mol.